The van der Waals surface area contributed by atoms with Crippen LogP contribution in [0.2, 0.25) is 0 Å². The van der Waals surface area contributed by atoms with E-state index in [9.17, 15) is 9.59 Å². The highest BCUT2D eigenvalue weighted by Gasteiger charge is 2.34. The summed E-state index contributed by atoms with van der Waals surface area (Å²) in [6.45, 7) is 6.78. The lowest BCUT2D eigenvalue weighted by Gasteiger charge is -2.33. The average molecular weight is 372 g/mol. The van der Waals surface area contributed by atoms with Gasteiger partial charge in [-0.3, -0.25) is 4.79 Å². The van der Waals surface area contributed by atoms with E-state index in [4.69, 9.17) is 4.74 Å². The van der Waals surface area contributed by atoms with Gasteiger partial charge in [-0.25, -0.2) is 4.79 Å². The number of carbonyl (C=O) groups is 2. The molecular formula is C21H25NO3S. The number of benzene rings is 1. The third-order valence-corrected chi connectivity index (χ3v) is 6.31. The zero-order valence-electron chi connectivity index (χ0n) is 15.7. The number of nitrogens with one attached hydrogen (secondary N) is 1. The van der Waals surface area contributed by atoms with Crippen LogP contribution in [0.25, 0.3) is 0 Å². The van der Waals surface area contributed by atoms with E-state index in [1.807, 2.05) is 18.2 Å². The fraction of sp³-hybridized carbons (Fsp3) is 0.429. The lowest BCUT2D eigenvalue weighted by atomic mass is 9.72. The first kappa shape index (κ1) is 18.6. The highest BCUT2D eigenvalue weighted by Crippen LogP contribution is 2.44. The summed E-state index contributed by atoms with van der Waals surface area (Å²) in [5, 5.41) is 3.53. The zero-order chi connectivity index (χ0) is 18.9. The molecule has 1 aromatic heterocycles. The SMILES string of the molecule is COC(=O)c1c(NC(=O)c2ccccc2)sc2c1CCC(C(C)(C)C)C2. The largest absolute Gasteiger partial charge is 0.465 e. The van der Waals surface area contributed by atoms with Crippen LogP contribution in [0.4, 0.5) is 5.00 Å². The van der Waals surface area contributed by atoms with E-state index >= 15 is 0 Å². The Balaban J connectivity index is 1.94. The molecule has 0 saturated heterocycles. The van der Waals surface area contributed by atoms with Crippen LogP contribution >= 0.6 is 11.3 Å². The first-order valence-electron chi connectivity index (χ1n) is 8.90. The molecule has 2 aromatic rings. The van der Waals surface area contributed by atoms with Crippen LogP contribution in [-0.4, -0.2) is 19.0 Å². The second kappa shape index (κ2) is 7.23. The lowest BCUT2D eigenvalue weighted by Crippen LogP contribution is -2.26. The van der Waals surface area contributed by atoms with Crippen molar-refractivity contribution in [3.05, 3.63) is 51.9 Å². The maximum absolute atomic E-state index is 12.6. The van der Waals surface area contributed by atoms with E-state index in [-0.39, 0.29) is 17.3 Å². The highest BCUT2D eigenvalue weighted by atomic mass is 32.1. The van der Waals surface area contributed by atoms with Gasteiger partial charge in [0.25, 0.3) is 5.91 Å². The molecule has 138 valence electrons. The van der Waals surface area contributed by atoms with Crippen molar-refractivity contribution in [2.45, 2.75) is 40.0 Å². The van der Waals surface area contributed by atoms with E-state index in [1.165, 1.54) is 23.3 Å². The summed E-state index contributed by atoms with van der Waals surface area (Å²) in [5.74, 6) is -0.0152. The summed E-state index contributed by atoms with van der Waals surface area (Å²) in [4.78, 5) is 26.1. The van der Waals surface area contributed by atoms with Crippen LogP contribution in [0.15, 0.2) is 30.3 Å². The molecule has 0 spiro atoms. The van der Waals surface area contributed by atoms with Crippen molar-refractivity contribution in [3.63, 3.8) is 0 Å². The Morgan fingerprint density at radius 2 is 1.88 bits per heavy atom. The number of hydrogen-bond donors (Lipinski definition) is 1. The normalized spacial score (nSPS) is 16.7. The summed E-state index contributed by atoms with van der Waals surface area (Å²) in [6.07, 6.45) is 2.83. The molecule has 5 heteroatoms. The predicted octanol–water partition coefficient (Wildman–Crippen LogP) is 4.94. The molecule has 1 aliphatic rings. The van der Waals surface area contributed by atoms with Gasteiger partial charge in [-0.15, -0.1) is 11.3 Å². The molecule has 4 nitrogen and oxygen atoms in total. The Kier molecular flexibility index (Phi) is 5.19. The molecular weight excluding hydrogens is 346 g/mol. The molecule has 1 amide bonds. The average Bonchev–Trinajstić information content (AvgIpc) is 2.98. The molecule has 1 N–H and O–H groups in total. The molecule has 1 unspecified atom stereocenters. The number of thiophene rings is 1. The van der Waals surface area contributed by atoms with Gasteiger partial charge in [-0.05, 0) is 48.3 Å². The van der Waals surface area contributed by atoms with E-state index in [0.717, 1.165) is 24.8 Å². The van der Waals surface area contributed by atoms with Crippen LogP contribution in [0.5, 0.6) is 0 Å². The van der Waals surface area contributed by atoms with E-state index in [1.54, 1.807) is 12.1 Å². The van der Waals surface area contributed by atoms with Gasteiger partial charge in [-0.1, -0.05) is 39.0 Å². The van der Waals surface area contributed by atoms with Crippen molar-refractivity contribution in [2.75, 3.05) is 12.4 Å². The quantitative estimate of drug-likeness (QED) is 0.778. The van der Waals surface area contributed by atoms with Gasteiger partial charge in [-0.2, -0.15) is 0 Å². The Morgan fingerprint density at radius 3 is 2.50 bits per heavy atom. The first-order valence-corrected chi connectivity index (χ1v) is 9.72. The van der Waals surface area contributed by atoms with E-state index in [2.05, 4.69) is 26.1 Å². The number of rotatable bonds is 3. The second-order valence-electron chi connectivity index (χ2n) is 7.83. The van der Waals surface area contributed by atoms with Crippen molar-refractivity contribution in [1.82, 2.24) is 0 Å². The van der Waals surface area contributed by atoms with Gasteiger partial charge in [0.2, 0.25) is 0 Å². The monoisotopic (exact) mass is 371 g/mol. The first-order chi connectivity index (χ1) is 12.3. The maximum Gasteiger partial charge on any atom is 0.341 e. The van der Waals surface area contributed by atoms with Gasteiger partial charge < -0.3 is 10.1 Å². The summed E-state index contributed by atoms with van der Waals surface area (Å²) < 4.78 is 5.00. The molecule has 0 aliphatic heterocycles. The molecule has 1 aliphatic carbocycles. The standard InChI is InChI=1S/C21H25NO3S/c1-21(2,3)14-10-11-15-16(12-14)26-19(17(15)20(24)25-4)22-18(23)13-8-6-5-7-9-13/h5-9,14H,10-12H2,1-4H3,(H,22,23). The van der Waals surface area contributed by atoms with Crippen LogP contribution in [0, 0.1) is 11.3 Å². The number of anilines is 1. The number of methoxy groups -OCH3 is 1. The van der Waals surface area contributed by atoms with Crippen LogP contribution in [0.3, 0.4) is 0 Å². The third kappa shape index (κ3) is 3.68. The number of ether oxygens (including phenoxy) is 1. The molecule has 3 rings (SSSR count). The van der Waals surface area contributed by atoms with Gasteiger partial charge >= 0.3 is 5.97 Å². The van der Waals surface area contributed by atoms with Crippen molar-refractivity contribution >= 4 is 28.2 Å². The topological polar surface area (TPSA) is 55.4 Å². The zero-order valence-corrected chi connectivity index (χ0v) is 16.5. The third-order valence-electron chi connectivity index (χ3n) is 5.14. The number of carbonyl (C=O) groups excluding carboxylic acids is 2. The summed E-state index contributed by atoms with van der Waals surface area (Å²) in [5.41, 5.74) is 2.37. The minimum atomic E-state index is -0.375. The van der Waals surface area contributed by atoms with Gasteiger partial charge in [0.05, 0.1) is 12.7 Å². The van der Waals surface area contributed by atoms with Crippen molar-refractivity contribution < 1.29 is 14.3 Å². The Bertz CT molecular complexity index is 818. The van der Waals surface area contributed by atoms with Crippen molar-refractivity contribution in [2.24, 2.45) is 11.3 Å². The fourth-order valence-corrected chi connectivity index (χ4v) is 4.81. The Labute approximate surface area is 158 Å². The maximum atomic E-state index is 12.6. The molecule has 1 heterocycles. The molecule has 1 atom stereocenters. The Morgan fingerprint density at radius 1 is 1.19 bits per heavy atom. The second-order valence-corrected chi connectivity index (χ2v) is 8.93. The van der Waals surface area contributed by atoms with Crippen LogP contribution in [-0.2, 0) is 17.6 Å². The summed E-state index contributed by atoms with van der Waals surface area (Å²) in [6, 6.07) is 9.03. The van der Waals surface area contributed by atoms with Gasteiger partial charge in [0.1, 0.15) is 5.00 Å². The van der Waals surface area contributed by atoms with Gasteiger partial charge in [0.15, 0.2) is 0 Å². The smallest absolute Gasteiger partial charge is 0.341 e. The minimum Gasteiger partial charge on any atom is -0.465 e. The van der Waals surface area contributed by atoms with Crippen LogP contribution < -0.4 is 5.32 Å². The van der Waals surface area contributed by atoms with Crippen molar-refractivity contribution in [1.29, 1.82) is 0 Å². The molecule has 0 saturated carbocycles. The molecule has 1 aromatic carbocycles. The summed E-state index contributed by atoms with van der Waals surface area (Å²) in [7, 11) is 1.38. The number of esters is 1. The predicted molar refractivity (Wildman–Crippen MR) is 105 cm³/mol. The van der Waals surface area contributed by atoms with Crippen molar-refractivity contribution in [3.8, 4) is 0 Å². The lowest BCUT2D eigenvalue weighted by molar-refractivity contribution is 0.0600. The minimum absolute atomic E-state index is 0.207. The number of fused-ring (bicyclic) bond motifs is 1. The molecule has 26 heavy (non-hydrogen) atoms. The molecule has 0 fully saturated rings. The van der Waals surface area contributed by atoms with Gasteiger partial charge in [0, 0.05) is 10.4 Å². The van der Waals surface area contributed by atoms with E-state index in [0.29, 0.717) is 22.0 Å². The van der Waals surface area contributed by atoms with E-state index < -0.39 is 0 Å². The molecule has 0 bridgehead atoms. The van der Waals surface area contributed by atoms with Crippen LogP contribution in [0.1, 0.15) is 58.3 Å². The highest BCUT2D eigenvalue weighted by molar-refractivity contribution is 7.17. The fourth-order valence-electron chi connectivity index (χ4n) is 3.50. The number of amides is 1. The Hall–Kier alpha value is -2.14. The molecule has 0 radical (unpaired) electrons. The summed E-state index contributed by atoms with van der Waals surface area (Å²) >= 11 is 1.52. The number of hydrogen-bond acceptors (Lipinski definition) is 4.